The first-order valence-electron chi connectivity index (χ1n) is 7.27. The van der Waals surface area contributed by atoms with E-state index in [1.807, 2.05) is 11.6 Å². The first-order chi connectivity index (χ1) is 10.2. The number of carbonyl (C=O) groups excluding carboxylic acids is 1. The molecule has 1 aromatic carbocycles. The third kappa shape index (κ3) is 4.14. The van der Waals surface area contributed by atoms with Gasteiger partial charge in [0, 0.05) is 24.2 Å². The van der Waals surface area contributed by atoms with Gasteiger partial charge in [-0.1, -0.05) is 13.0 Å². The number of hydrogen-bond donors (Lipinski definition) is 2. The van der Waals surface area contributed by atoms with Crippen molar-refractivity contribution in [1.29, 1.82) is 0 Å². The fourth-order valence-electron chi connectivity index (χ4n) is 2.61. The second-order valence-corrected chi connectivity index (χ2v) is 5.26. The van der Waals surface area contributed by atoms with E-state index >= 15 is 0 Å². The fraction of sp³-hybridized carbons (Fsp3) is 0.400. The van der Waals surface area contributed by atoms with E-state index in [-0.39, 0.29) is 36.8 Å². The number of carbonyl (C=O) groups is 1. The highest BCUT2D eigenvalue weighted by Crippen LogP contribution is 2.23. The number of amides is 1. The van der Waals surface area contributed by atoms with Crippen LogP contribution in [0.5, 0.6) is 0 Å². The van der Waals surface area contributed by atoms with Crippen LogP contribution < -0.4 is 11.1 Å². The molecule has 23 heavy (non-hydrogen) atoms. The van der Waals surface area contributed by atoms with Gasteiger partial charge in [0.25, 0.3) is 5.91 Å². The van der Waals surface area contributed by atoms with E-state index in [0.29, 0.717) is 11.3 Å². The minimum absolute atomic E-state index is 0. The van der Waals surface area contributed by atoms with Crippen LogP contribution in [0.1, 0.15) is 47.8 Å². The molecule has 0 saturated heterocycles. The second kappa shape index (κ2) is 8.17. The Bertz CT molecular complexity index is 674. The van der Waals surface area contributed by atoms with E-state index in [1.165, 1.54) is 0 Å². The quantitative estimate of drug-likeness (QED) is 0.826. The van der Waals surface area contributed by atoms with Crippen molar-refractivity contribution in [3.8, 4) is 0 Å². The molecule has 126 valence electrons. The number of aromatic nitrogens is 3. The number of aryl methyl sites for hydroxylation is 2. The summed E-state index contributed by atoms with van der Waals surface area (Å²) in [6.07, 6.45) is 2.67. The van der Waals surface area contributed by atoms with Crippen LogP contribution in [0.25, 0.3) is 0 Å². The number of fused-ring (bicyclic) bond motifs is 1. The lowest BCUT2D eigenvalue weighted by molar-refractivity contribution is 0.0927. The minimum atomic E-state index is -0.123. The van der Waals surface area contributed by atoms with E-state index < -0.39 is 0 Å². The van der Waals surface area contributed by atoms with Crippen molar-refractivity contribution in [2.75, 3.05) is 5.73 Å². The Morgan fingerprint density at radius 3 is 2.91 bits per heavy atom. The molecule has 1 unspecified atom stereocenters. The SMILES string of the molecule is CCc1nc2n(n1)CCCC2NC(=O)c1cccc(N)c1.Cl.Cl. The second-order valence-electron chi connectivity index (χ2n) is 5.26. The highest BCUT2D eigenvalue weighted by Gasteiger charge is 2.25. The summed E-state index contributed by atoms with van der Waals surface area (Å²) >= 11 is 0. The molecule has 0 saturated carbocycles. The summed E-state index contributed by atoms with van der Waals surface area (Å²) < 4.78 is 1.91. The van der Waals surface area contributed by atoms with Crippen molar-refractivity contribution in [3.63, 3.8) is 0 Å². The third-order valence-electron chi connectivity index (χ3n) is 3.69. The smallest absolute Gasteiger partial charge is 0.251 e. The van der Waals surface area contributed by atoms with Crippen LogP contribution >= 0.6 is 24.8 Å². The van der Waals surface area contributed by atoms with Gasteiger partial charge in [0.1, 0.15) is 5.82 Å². The summed E-state index contributed by atoms with van der Waals surface area (Å²) in [6.45, 7) is 2.90. The first-order valence-corrected chi connectivity index (χ1v) is 7.27. The van der Waals surface area contributed by atoms with Gasteiger partial charge in [0.15, 0.2) is 5.82 Å². The number of nitrogens with one attached hydrogen (secondary N) is 1. The van der Waals surface area contributed by atoms with E-state index in [0.717, 1.165) is 37.5 Å². The zero-order chi connectivity index (χ0) is 14.8. The maximum Gasteiger partial charge on any atom is 0.251 e. The summed E-state index contributed by atoms with van der Waals surface area (Å²) in [5, 5.41) is 7.49. The number of hydrogen-bond acceptors (Lipinski definition) is 4. The van der Waals surface area contributed by atoms with Crippen molar-refractivity contribution in [3.05, 3.63) is 41.5 Å². The molecule has 1 aliphatic heterocycles. The Kier molecular flexibility index (Phi) is 6.84. The topological polar surface area (TPSA) is 85.8 Å². The van der Waals surface area contributed by atoms with Gasteiger partial charge >= 0.3 is 0 Å². The lowest BCUT2D eigenvalue weighted by atomic mass is 10.1. The van der Waals surface area contributed by atoms with Crippen molar-refractivity contribution >= 4 is 36.4 Å². The molecule has 6 nitrogen and oxygen atoms in total. The standard InChI is InChI=1S/C15H19N5O.2ClH/c1-2-13-18-14-12(7-4-8-20(14)19-13)17-15(21)10-5-3-6-11(16)9-10;;/h3,5-6,9,12H,2,4,7-8,16H2,1H3,(H,17,21);2*1H. The number of benzene rings is 1. The van der Waals surface area contributed by atoms with Crippen LogP contribution in [-0.2, 0) is 13.0 Å². The predicted octanol–water partition coefficient (Wildman–Crippen LogP) is 2.53. The lowest BCUT2D eigenvalue weighted by Gasteiger charge is -2.23. The monoisotopic (exact) mass is 357 g/mol. The molecule has 2 aromatic rings. The van der Waals surface area contributed by atoms with Gasteiger partial charge < -0.3 is 11.1 Å². The summed E-state index contributed by atoms with van der Waals surface area (Å²) in [4.78, 5) is 16.9. The maximum atomic E-state index is 12.3. The van der Waals surface area contributed by atoms with Crippen LogP contribution in [0.15, 0.2) is 24.3 Å². The molecule has 0 radical (unpaired) electrons. The molecule has 8 heteroatoms. The Morgan fingerprint density at radius 2 is 2.22 bits per heavy atom. The molecule has 0 fully saturated rings. The van der Waals surface area contributed by atoms with Crippen LogP contribution in [-0.4, -0.2) is 20.7 Å². The molecule has 1 atom stereocenters. The summed E-state index contributed by atoms with van der Waals surface area (Å²) in [5.41, 5.74) is 6.88. The summed E-state index contributed by atoms with van der Waals surface area (Å²) in [7, 11) is 0. The Morgan fingerprint density at radius 1 is 1.43 bits per heavy atom. The van der Waals surface area contributed by atoms with Crippen LogP contribution in [0.3, 0.4) is 0 Å². The number of nitrogen functional groups attached to an aromatic ring is 1. The summed E-state index contributed by atoms with van der Waals surface area (Å²) in [6, 6.07) is 6.90. The van der Waals surface area contributed by atoms with Gasteiger partial charge in [-0.3, -0.25) is 4.79 Å². The highest BCUT2D eigenvalue weighted by molar-refractivity contribution is 5.95. The van der Waals surface area contributed by atoms with Gasteiger partial charge in [0.05, 0.1) is 6.04 Å². The van der Waals surface area contributed by atoms with Crippen molar-refractivity contribution < 1.29 is 4.79 Å². The van der Waals surface area contributed by atoms with Crippen molar-refractivity contribution in [2.24, 2.45) is 0 Å². The van der Waals surface area contributed by atoms with Gasteiger partial charge in [-0.15, -0.1) is 24.8 Å². The summed E-state index contributed by atoms with van der Waals surface area (Å²) in [5.74, 6) is 1.56. The highest BCUT2D eigenvalue weighted by atomic mass is 35.5. The predicted molar refractivity (Wildman–Crippen MR) is 94.2 cm³/mol. The normalized spacial score (nSPS) is 15.8. The minimum Gasteiger partial charge on any atom is -0.399 e. The van der Waals surface area contributed by atoms with Gasteiger partial charge in [0.2, 0.25) is 0 Å². The van der Waals surface area contributed by atoms with E-state index in [4.69, 9.17) is 5.73 Å². The molecule has 0 aliphatic carbocycles. The molecule has 0 bridgehead atoms. The lowest BCUT2D eigenvalue weighted by Crippen LogP contribution is -2.33. The number of rotatable bonds is 3. The average Bonchev–Trinajstić information content (AvgIpc) is 2.91. The zero-order valence-corrected chi connectivity index (χ0v) is 14.5. The van der Waals surface area contributed by atoms with Gasteiger partial charge in [-0.25, -0.2) is 9.67 Å². The van der Waals surface area contributed by atoms with Gasteiger partial charge in [-0.2, -0.15) is 5.10 Å². The number of halogens is 2. The van der Waals surface area contributed by atoms with Crippen LogP contribution in [0.2, 0.25) is 0 Å². The Balaban J connectivity index is 0.00000132. The molecular weight excluding hydrogens is 337 g/mol. The third-order valence-corrected chi connectivity index (χ3v) is 3.69. The first kappa shape index (κ1) is 19.3. The fourth-order valence-corrected chi connectivity index (χ4v) is 2.61. The van der Waals surface area contributed by atoms with E-state index in [1.54, 1.807) is 24.3 Å². The molecule has 3 rings (SSSR count). The molecule has 1 amide bonds. The molecule has 2 heterocycles. The molecule has 1 aliphatic rings. The molecule has 1 aromatic heterocycles. The largest absolute Gasteiger partial charge is 0.399 e. The van der Waals surface area contributed by atoms with E-state index in [2.05, 4.69) is 15.4 Å². The van der Waals surface area contributed by atoms with Gasteiger partial charge in [-0.05, 0) is 31.0 Å². The molecular formula is C15H21Cl2N5O. The number of nitrogens with two attached hydrogens (primary N) is 1. The average molecular weight is 358 g/mol. The van der Waals surface area contributed by atoms with Crippen molar-refractivity contribution in [1.82, 2.24) is 20.1 Å². The van der Waals surface area contributed by atoms with Crippen LogP contribution in [0.4, 0.5) is 5.69 Å². The van der Waals surface area contributed by atoms with Crippen molar-refractivity contribution in [2.45, 2.75) is 38.8 Å². The number of anilines is 1. The number of nitrogens with zero attached hydrogens (tertiary/aromatic N) is 3. The maximum absolute atomic E-state index is 12.3. The zero-order valence-electron chi connectivity index (χ0n) is 12.9. The van der Waals surface area contributed by atoms with E-state index in [9.17, 15) is 4.79 Å². The Labute approximate surface area is 147 Å². The molecule has 0 spiro atoms. The molecule has 3 N–H and O–H groups in total. The Hall–Kier alpha value is -1.79. The van der Waals surface area contributed by atoms with Crippen LogP contribution in [0, 0.1) is 0 Å².